The first kappa shape index (κ1) is 9.94. The van der Waals surface area contributed by atoms with Crippen LogP contribution in [0.5, 0.6) is 0 Å². The molecule has 13 heavy (non-hydrogen) atoms. The van der Waals surface area contributed by atoms with Crippen molar-refractivity contribution in [3.05, 3.63) is 10.6 Å². The zero-order chi connectivity index (χ0) is 9.84. The Hall–Kier alpha value is -1.14. The predicted molar refractivity (Wildman–Crippen MR) is 48.4 cm³/mol. The first-order chi connectivity index (χ1) is 6.20. The molecule has 0 fully saturated rings. The molecule has 1 rings (SSSR count). The molecule has 0 atom stereocenters. The number of esters is 1. The fourth-order valence-electron chi connectivity index (χ4n) is 0.788. The number of aliphatic hydroxyl groups excluding tert-OH is 1. The van der Waals surface area contributed by atoms with Crippen LogP contribution in [-0.2, 0) is 11.3 Å². The number of rotatable bonds is 3. The molecule has 0 aromatic carbocycles. The number of carbonyl (C=O) groups excluding carboxylic acids is 1. The van der Waals surface area contributed by atoms with E-state index in [2.05, 4.69) is 4.37 Å². The normalized spacial score (nSPS) is 10.0. The molecular formula is C7H10N2O3S. The zero-order valence-corrected chi connectivity index (χ0v) is 7.93. The Morgan fingerprint density at radius 3 is 2.92 bits per heavy atom. The van der Waals surface area contributed by atoms with Crippen molar-refractivity contribution in [2.24, 2.45) is 0 Å². The van der Waals surface area contributed by atoms with Gasteiger partial charge in [-0.25, -0.2) is 4.79 Å². The van der Waals surface area contributed by atoms with Crippen molar-refractivity contribution in [3.8, 4) is 0 Å². The minimum absolute atomic E-state index is 0.214. The third-order valence-corrected chi connectivity index (χ3v) is 2.29. The summed E-state index contributed by atoms with van der Waals surface area (Å²) in [5.74, 6) is -0.489. The van der Waals surface area contributed by atoms with Gasteiger partial charge in [0.25, 0.3) is 0 Å². The number of aliphatic hydroxyl groups is 1. The van der Waals surface area contributed by atoms with Crippen molar-refractivity contribution in [2.45, 2.75) is 13.5 Å². The smallest absolute Gasteiger partial charge is 0.352 e. The molecule has 0 aliphatic carbocycles. The highest BCUT2D eigenvalue weighted by molar-refractivity contribution is 7.08. The number of carbonyl (C=O) groups is 1. The lowest BCUT2D eigenvalue weighted by atomic mass is 10.3. The Balaban J connectivity index is 2.89. The largest absolute Gasteiger partial charge is 0.462 e. The molecule has 0 spiro atoms. The summed E-state index contributed by atoms with van der Waals surface area (Å²) in [6.45, 7) is 1.74. The molecular weight excluding hydrogens is 192 g/mol. The van der Waals surface area contributed by atoms with Gasteiger partial charge in [0.05, 0.1) is 18.9 Å². The molecule has 0 unspecified atom stereocenters. The van der Waals surface area contributed by atoms with E-state index in [4.69, 9.17) is 15.6 Å². The fraction of sp³-hybridized carbons (Fsp3) is 0.429. The first-order valence-corrected chi connectivity index (χ1v) is 4.50. The molecule has 5 nitrogen and oxygen atoms in total. The first-order valence-electron chi connectivity index (χ1n) is 3.72. The lowest BCUT2D eigenvalue weighted by Gasteiger charge is -1.98. The second kappa shape index (κ2) is 4.20. The van der Waals surface area contributed by atoms with Gasteiger partial charge < -0.3 is 15.6 Å². The Labute approximate surface area is 79.3 Å². The summed E-state index contributed by atoms with van der Waals surface area (Å²) in [7, 11) is 0. The summed E-state index contributed by atoms with van der Waals surface area (Å²) in [4.78, 5) is 11.4. The summed E-state index contributed by atoms with van der Waals surface area (Å²) < 4.78 is 8.54. The third kappa shape index (κ3) is 1.96. The van der Waals surface area contributed by atoms with Crippen LogP contribution in [0.1, 0.15) is 22.3 Å². The van der Waals surface area contributed by atoms with Crippen LogP contribution in [0.25, 0.3) is 0 Å². The van der Waals surface area contributed by atoms with Gasteiger partial charge in [-0.3, -0.25) is 0 Å². The number of aromatic nitrogens is 1. The molecule has 1 aromatic heterocycles. The van der Waals surface area contributed by atoms with Crippen molar-refractivity contribution in [3.63, 3.8) is 0 Å². The molecule has 0 bridgehead atoms. The summed E-state index contributed by atoms with van der Waals surface area (Å²) >= 11 is 0.939. The Morgan fingerprint density at radius 1 is 1.77 bits per heavy atom. The molecule has 0 saturated carbocycles. The van der Waals surface area contributed by atoms with E-state index in [1.54, 1.807) is 6.92 Å². The fourth-order valence-corrected chi connectivity index (χ4v) is 1.50. The van der Waals surface area contributed by atoms with Crippen molar-refractivity contribution in [2.75, 3.05) is 12.3 Å². The molecule has 3 N–H and O–H groups in total. The number of nitrogens with two attached hydrogens (primary N) is 1. The maximum Gasteiger partial charge on any atom is 0.352 e. The molecule has 0 aliphatic rings. The number of hydrogen-bond donors (Lipinski definition) is 2. The number of ether oxygens (including phenoxy) is 1. The highest BCUT2D eigenvalue weighted by Crippen LogP contribution is 2.22. The predicted octanol–water partition coefficient (Wildman–Crippen LogP) is 0.394. The average Bonchev–Trinajstić information content (AvgIpc) is 2.47. The minimum Gasteiger partial charge on any atom is -0.462 e. The molecule has 6 heteroatoms. The molecule has 0 radical (unpaired) electrons. The molecule has 0 saturated heterocycles. The Bertz CT molecular complexity index is 311. The second-order valence-electron chi connectivity index (χ2n) is 2.25. The highest BCUT2D eigenvalue weighted by Gasteiger charge is 2.17. The SMILES string of the molecule is CCOC(=O)c1snc(CO)c1N. The minimum atomic E-state index is -0.489. The monoisotopic (exact) mass is 202 g/mol. The standard InChI is InChI=1S/C7H10N2O3S/c1-2-12-7(11)6-5(8)4(3-10)9-13-6/h10H,2-3,8H2,1H3. The molecule has 72 valence electrons. The molecule has 1 heterocycles. The van der Waals surface area contributed by atoms with Crippen LogP contribution in [0.4, 0.5) is 5.69 Å². The van der Waals surface area contributed by atoms with Gasteiger partial charge in [0.1, 0.15) is 5.69 Å². The summed E-state index contributed by atoms with van der Waals surface area (Å²) in [6, 6.07) is 0. The van der Waals surface area contributed by atoms with Gasteiger partial charge in [-0.1, -0.05) is 0 Å². The van der Waals surface area contributed by atoms with Gasteiger partial charge in [-0.2, -0.15) is 4.37 Å². The summed E-state index contributed by atoms with van der Waals surface area (Å²) in [5.41, 5.74) is 6.07. The van der Waals surface area contributed by atoms with Crippen LogP contribution in [0, 0.1) is 0 Å². The van der Waals surface area contributed by atoms with E-state index in [9.17, 15) is 4.79 Å². The number of anilines is 1. The van der Waals surface area contributed by atoms with Gasteiger partial charge in [0.15, 0.2) is 4.88 Å². The maximum atomic E-state index is 11.2. The van der Waals surface area contributed by atoms with E-state index in [1.165, 1.54) is 0 Å². The van der Waals surface area contributed by atoms with Crippen LogP contribution in [0.15, 0.2) is 0 Å². The molecule has 0 aliphatic heterocycles. The average molecular weight is 202 g/mol. The van der Waals surface area contributed by atoms with Crippen molar-refractivity contribution in [1.29, 1.82) is 0 Å². The van der Waals surface area contributed by atoms with E-state index in [-0.39, 0.29) is 17.2 Å². The van der Waals surface area contributed by atoms with Crippen molar-refractivity contribution < 1.29 is 14.6 Å². The number of nitrogens with zero attached hydrogens (tertiary/aromatic N) is 1. The van der Waals surface area contributed by atoms with Gasteiger partial charge >= 0.3 is 5.97 Å². The summed E-state index contributed by atoms with van der Waals surface area (Å²) in [6.07, 6.45) is 0. The van der Waals surface area contributed by atoms with Gasteiger partial charge in [0, 0.05) is 0 Å². The Kier molecular flexibility index (Phi) is 3.21. The maximum absolute atomic E-state index is 11.2. The third-order valence-electron chi connectivity index (χ3n) is 1.41. The van der Waals surface area contributed by atoms with Crippen molar-refractivity contribution >= 4 is 23.2 Å². The topological polar surface area (TPSA) is 85.4 Å². The van der Waals surface area contributed by atoms with E-state index in [0.717, 1.165) is 11.5 Å². The van der Waals surface area contributed by atoms with Crippen LogP contribution >= 0.6 is 11.5 Å². The highest BCUT2D eigenvalue weighted by atomic mass is 32.1. The van der Waals surface area contributed by atoms with Crippen LogP contribution < -0.4 is 5.73 Å². The zero-order valence-electron chi connectivity index (χ0n) is 7.11. The second-order valence-corrected chi connectivity index (χ2v) is 3.02. The number of hydrogen-bond acceptors (Lipinski definition) is 6. The van der Waals surface area contributed by atoms with Crippen LogP contribution in [-0.4, -0.2) is 22.1 Å². The van der Waals surface area contributed by atoms with E-state index in [1.807, 2.05) is 0 Å². The van der Waals surface area contributed by atoms with Crippen LogP contribution in [0.2, 0.25) is 0 Å². The van der Waals surface area contributed by atoms with E-state index >= 15 is 0 Å². The lowest BCUT2D eigenvalue weighted by Crippen LogP contribution is -2.05. The van der Waals surface area contributed by atoms with E-state index in [0.29, 0.717) is 12.3 Å². The lowest BCUT2D eigenvalue weighted by molar-refractivity contribution is 0.0533. The van der Waals surface area contributed by atoms with Crippen LogP contribution in [0.3, 0.4) is 0 Å². The molecule has 1 aromatic rings. The summed E-state index contributed by atoms with van der Waals surface area (Å²) in [5, 5.41) is 8.76. The Morgan fingerprint density at radius 2 is 2.46 bits per heavy atom. The van der Waals surface area contributed by atoms with Crippen molar-refractivity contribution in [1.82, 2.24) is 4.37 Å². The van der Waals surface area contributed by atoms with Gasteiger partial charge in [-0.15, -0.1) is 0 Å². The van der Waals surface area contributed by atoms with E-state index < -0.39 is 5.97 Å². The quantitative estimate of drug-likeness (QED) is 0.693. The van der Waals surface area contributed by atoms with Gasteiger partial charge in [0.2, 0.25) is 0 Å². The van der Waals surface area contributed by atoms with Gasteiger partial charge in [-0.05, 0) is 18.5 Å². The molecule has 0 amide bonds. The number of nitrogen functional groups attached to an aromatic ring is 1.